The summed E-state index contributed by atoms with van der Waals surface area (Å²) in [6.07, 6.45) is -5.93. The van der Waals surface area contributed by atoms with Gasteiger partial charge in [-0.05, 0) is 31.7 Å². The number of carbonyl (C=O) groups is 3. The second kappa shape index (κ2) is 11.0. The van der Waals surface area contributed by atoms with Crippen molar-refractivity contribution in [3.05, 3.63) is 35.9 Å². The zero-order valence-electron chi connectivity index (χ0n) is 16.8. The number of unbranched alkanes of at least 4 members (excludes halogenated alkanes) is 1. The molecule has 1 aromatic rings. The largest absolute Gasteiger partial charge is 0.466 e. The van der Waals surface area contributed by atoms with Crippen LogP contribution in [0.4, 0.5) is 18.0 Å². The average molecular weight is 429 g/mol. The number of rotatable bonds is 10. The summed E-state index contributed by atoms with van der Waals surface area (Å²) in [5.74, 6) is -3.25. The summed E-state index contributed by atoms with van der Waals surface area (Å²) in [5, 5.41) is 0. The lowest BCUT2D eigenvalue weighted by atomic mass is 9.96. The summed E-state index contributed by atoms with van der Waals surface area (Å²) < 4.78 is 50.0. The highest BCUT2D eigenvalue weighted by Crippen LogP contribution is 2.34. The van der Waals surface area contributed by atoms with Gasteiger partial charge >= 0.3 is 18.2 Å². The third kappa shape index (κ3) is 7.03. The van der Waals surface area contributed by atoms with Crippen molar-refractivity contribution in [3.63, 3.8) is 0 Å². The van der Waals surface area contributed by atoms with E-state index >= 15 is 0 Å². The number of benzene rings is 1. The Labute approximate surface area is 173 Å². The Bertz CT molecular complexity index is 723. The molecule has 1 saturated heterocycles. The number of nitrogens with zero attached hydrogens (tertiary/aromatic N) is 1. The predicted molar refractivity (Wildman–Crippen MR) is 101 cm³/mol. The van der Waals surface area contributed by atoms with Gasteiger partial charge in [-0.1, -0.05) is 36.8 Å². The zero-order chi connectivity index (χ0) is 22.1. The van der Waals surface area contributed by atoms with Gasteiger partial charge in [0.1, 0.15) is 6.61 Å². The highest BCUT2D eigenvalue weighted by atomic mass is 19.4. The number of hydrogen-bond donors (Lipinski definition) is 0. The van der Waals surface area contributed by atoms with Gasteiger partial charge in [-0.25, -0.2) is 9.69 Å². The fourth-order valence-electron chi connectivity index (χ4n) is 3.39. The summed E-state index contributed by atoms with van der Waals surface area (Å²) in [6.45, 7) is 1.82. The number of cyclic esters (lactones) is 1. The maximum atomic E-state index is 13.4. The molecule has 2 atom stereocenters. The third-order valence-electron chi connectivity index (χ3n) is 4.92. The molecule has 0 bridgehead atoms. The number of amides is 2. The van der Waals surface area contributed by atoms with Crippen molar-refractivity contribution in [2.24, 2.45) is 5.92 Å². The third-order valence-corrected chi connectivity index (χ3v) is 4.92. The maximum absolute atomic E-state index is 13.4. The molecule has 0 radical (unpaired) electrons. The molecule has 0 N–H and O–H groups in total. The molecule has 9 heteroatoms. The molecule has 1 aromatic carbocycles. The molecule has 166 valence electrons. The molecule has 2 rings (SSSR count). The van der Waals surface area contributed by atoms with E-state index in [0.29, 0.717) is 6.42 Å². The molecular weight excluding hydrogens is 403 g/mol. The van der Waals surface area contributed by atoms with Crippen molar-refractivity contribution in [2.45, 2.75) is 57.7 Å². The number of imide groups is 1. The standard InChI is InChI=1S/C21H26F3NO5/c1-2-29-19(27)11-7-6-10-16(21(22,23)24)13-18(26)25-17(14-30-20(25)28)12-15-8-4-3-5-9-15/h3-5,8-9,16-17H,2,6-7,10-14H2,1H3/t16?,17-/m0/s1. The van der Waals surface area contributed by atoms with E-state index < -0.39 is 42.5 Å². The Hall–Kier alpha value is -2.58. The lowest BCUT2D eigenvalue weighted by molar-refractivity contribution is -0.182. The van der Waals surface area contributed by atoms with Crippen LogP contribution in [0.25, 0.3) is 0 Å². The van der Waals surface area contributed by atoms with E-state index in [1.54, 1.807) is 19.1 Å². The molecule has 1 heterocycles. The fraction of sp³-hybridized carbons (Fsp3) is 0.571. The molecule has 6 nitrogen and oxygen atoms in total. The SMILES string of the molecule is CCOC(=O)CCCCC(CC(=O)N1C(=O)OC[C@@H]1Cc1ccccc1)C(F)(F)F. The Morgan fingerprint density at radius 1 is 1.23 bits per heavy atom. The predicted octanol–water partition coefficient (Wildman–Crippen LogP) is 4.27. The van der Waals surface area contributed by atoms with Gasteiger partial charge < -0.3 is 9.47 Å². The van der Waals surface area contributed by atoms with Crippen LogP contribution in [0.2, 0.25) is 0 Å². The van der Waals surface area contributed by atoms with Gasteiger partial charge in [0.05, 0.1) is 18.6 Å². The second-order valence-electron chi connectivity index (χ2n) is 7.18. The number of ether oxygens (including phenoxy) is 2. The molecule has 0 spiro atoms. The summed E-state index contributed by atoms with van der Waals surface area (Å²) in [4.78, 5) is 36.7. The van der Waals surface area contributed by atoms with E-state index in [9.17, 15) is 27.6 Å². The van der Waals surface area contributed by atoms with Crippen LogP contribution in [0.5, 0.6) is 0 Å². The van der Waals surface area contributed by atoms with Crippen LogP contribution in [0.3, 0.4) is 0 Å². The summed E-state index contributed by atoms with van der Waals surface area (Å²) in [5.41, 5.74) is 0.852. The van der Waals surface area contributed by atoms with E-state index in [0.717, 1.165) is 10.5 Å². The quantitative estimate of drug-likeness (QED) is 0.410. The van der Waals surface area contributed by atoms with Crippen LogP contribution >= 0.6 is 0 Å². The molecule has 1 aliphatic heterocycles. The minimum Gasteiger partial charge on any atom is -0.466 e. The van der Waals surface area contributed by atoms with Gasteiger partial charge in [0, 0.05) is 12.8 Å². The van der Waals surface area contributed by atoms with Gasteiger partial charge in [0.25, 0.3) is 0 Å². The topological polar surface area (TPSA) is 72.9 Å². The van der Waals surface area contributed by atoms with Gasteiger partial charge in [-0.2, -0.15) is 13.2 Å². The Morgan fingerprint density at radius 3 is 2.57 bits per heavy atom. The van der Waals surface area contributed by atoms with Crippen molar-refractivity contribution in [1.82, 2.24) is 4.90 Å². The summed E-state index contributed by atoms with van der Waals surface area (Å²) in [7, 11) is 0. The van der Waals surface area contributed by atoms with Crippen LogP contribution in [0, 0.1) is 5.92 Å². The Kier molecular flexibility index (Phi) is 8.68. The average Bonchev–Trinajstić information content (AvgIpc) is 3.04. The first kappa shape index (κ1) is 23.7. The van der Waals surface area contributed by atoms with E-state index in [2.05, 4.69) is 0 Å². The van der Waals surface area contributed by atoms with Crippen molar-refractivity contribution in [1.29, 1.82) is 0 Å². The van der Waals surface area contributed by atoms with Gasteiger partial charge in [-0.3, -0.25) is 9.59 Å². The van der Waals surface area contributed by atoms with Gasteiger partial charge in [0.2, 0.25) is 5.91 Å². The fourth-order valence-corrected chi connectivity index (χ4v) is 3.39. The lowest BCUT2D eigenvalue weighted by Crippen LogP contribution is -2.42. The molecule has 0 aliphatic carbocycles. The second-order valence-corrected chi connectivity index (χ2v) is 7.18. The number of halogens is 3. The minimum atomic E-state index is -4.59. The lowest BCUT2D eigenvalue weighted by Gasteiger charge is -2.24. The minimum absolute atomic E-state index is 0.0317. The van der Waals surface area contributed by atoms with Crippen molar-refractivity contribution >= 4 is 18.0 Å². The number of hydrogen-bond acceptors (Lipinski definition) is 5. The van der Waals surface area contributed by atoms with E-state index in [-0.39, 0.29) is 38.9 Å². The van der Waals surface area contributed by atoms with Gasteiger partial charge in [-0.15, -0.1) is 0 Å². The van der Waals surface area contributed by atoms with Crippen LogP contribution in [-0.4, -0.2) is 48.3 Å². The molecule has 1 fully saturated rings. The molecule has 2 amide bonds. The Morgan fingerprint density at radius 2 is 1.93 bits per heavy atom. The number of alkyl halides is 3. The van der Waals surface area contributed by atoms with E-state index in [4.69, 9.17) is 9.47 Å². The first-order valence-electron chi connectivity index (χ1n) is 9.97. The van der Waals surface area contributed by atoms with Crippen LogP contribution < -0.4 is 0 Å². The smallest absolute Gasteiger partial charge is 0.416 e. The normalized spacial score (nSPS) is 17.5. The molecule has 30 heavy (non-hydrogen) atoms. The van der Waals surface area contributed by atoms with Crippen LogP contribution in [0.15, 0.2) is 30.3 Å². The molecule has 0 saturated carbocycles. The first-order valence-corrected chi connectivity index (χ1v) is 9.97. The molecular formula is C21H26F3NO5. The van der Waals surface area contributed by atoms with Crippen molar-refractivity contribution in [3.8, 4) is 0 Å². The maximum Gasteiger partial charge on any atom is 0.416 e. The monoisotopic (exact) mass is 429 g/mol. The van der Waals surface area contributed by atoms with Gasteiger partial charge in [0.15, 0.2) is 0 Å². The van der Waals surface area contributed by atoms with Crippen LogP contribution in [0.1, 0.15) is 44.6 Å². The van der Waals surface area contributed by atoms with Crippen LogP contribution in [-0.2, 0) is 25.5 Å². The Balaban J connectivity index is 1.95. The summed E-state index contributed by atoms with van der Waals surface area (Å²) in [6, 6.07) is 8.41. The molecule has 1 unspecified atom stereocenters. The van der Waals surface area contributed by atoms with Crippen molar-refractivity contribution in [2.75, 3.05) is 13.2 Å². The number of esters is 1. The number of carbonyl (C=O) groups excluding carboxylic acids is 3. The molecule has 1 aliphatic rings. The van der Waals surface area contributed by atoms with E-state index in [1.807, 2.05) is 18.2 Å². The zero-order valence-corrected chi connectivity index (χ0v) is 16.8. The van der Waals surface area contributed by atoms with Crippen molar-refractivity contribution < 1.29 is 37.0 Å². The summed E-state index contributed by atoms with van der Waals surface area (Å²) >= 11 is 0. The highest BCUT2D eigenvalue weighted by molar-refractivity contribution is 5.93. The van der Waals surface area contributed by atoms with E-state index in [1.165, 1.54) is 0 Å². The highest BCUT2D eigenvalue weighted by Gasteiger charge is 2.44. The first-order chi connectivity index (χ1) is 14.2. The molecule has 0 aromatic heterocycles.